The van der Waals surface area contributed by atoms with Gasteiger partial charge in [0.15, 0.2) is 0 Å². The molecule has 0 saturated heterocycles. The van der Waals surface area contributed by atoms with Gasteiger partial charge in [-0.05, 0) is 167 Å². The van der Waals surface area contributed by atoms with Crippen LogP contribution in [-0.2, 0) is 19.3 Å². The van der Waals surface area contributed by atoms with Gasteiger partial charge in [-0.1, -0.05) is 94.2 Å². The monoisotopic (exact) mass is 1420 g/mol. The average Bonchev–Trinajstić information content (AvgIpc) is 1.57. The molecule has 0 fully saturated rings. The van der Waals surface area contributed by atoms with Crippen LogP contribution in [0.1, 0.15) is 144 Å². The van der Waals surface area contributed by atoms with Crippen LogP contribution in [0, 0.1) is 34.9 Å². The van der Waals surface area contributed by atoms with E-state index in [1.807, 2.05) is 54.8 Å². The van der Waals surface area contributed by atoms with Crippen LogP contribution >= 0.6 is 47.8 Å². The summed E-state index contributed by atoms with van der Waals surface area (Å²) in [5.41, 5.74) is 6.66. The number of halogens is 14. The van der Waals surface area contributed by atoms with Crippen LogP contribution in [0.4, 0.5) is 48.3 Å². The number of nitrogens with one attached hydrogen (secondary N) is 3. The van der Waals surface area contributed by atoms with Gasteiger partial charge in [0.1, 0.15) is 40.6 Å². The van der Waals surface area contributed by atoms with Gasteiger partial charge in [-0.15, -0.1) is 0 Å². The van der Waals surface area contributed by atoms with E-state index in [-0.39, 0.29) is 87.0 Å². The number of benzene rings is 6. The summed E-state index contributed by atoms with van der Waals surface area (Å²) in [5.74, 6) is -8.58. The minimum absolute atomic E-state index is 0. The van der Waals surface area contributed by atoms with Crippen LogP contribution in [-0.4, -0.2) is 84.9 Å². The minimum Gasteiger partial charge on any atom is -0.357 e. The van der Waals surface area contributed by atoms with Crippen molar-refractivity contribution in [3.05, 3.63) is 208 Å². The van der Waals surface area contributed by atoms with Crippen molar-refractivity contribution < 1.29 is 48.3 Å². The van der Waals surface area contributed by atoms with Gasteiger partial charge >= 0.3 is 0 Å². The third kappa shape index (κ3) is 13.7. The first-order valence-electron chi connectivity index (χ1n) is 29.1. The minimum atomic E-state index is -2.89. The number of aromatic amines is 3. The summed E-state index contributed by atoms with van der Waals surface area (Å²) in [6.07, 6.45) is 1.39. The van der Waals surface area contributed by atoms with Gasteiger partial charge in [-0.25, -0.2) is 48.3 Å². The maximum atomic E-state index is 15.1. The highest BCUT2D eigenvalue weighted by molar-refractivity contribution is 9.11. The number of hydrogen-bond acceptors (Lipinski definition) is 3. The zero-order valence-electron chi connectivity index (χ0n) is 48.9. The van der Waals surface area contributed by atoms with Crippen LogP contribution < -0.4 is 0 Å². The van der Waals surface area contributed by atoms with Crippen molar-refractivity contribution in [1.82, 2.24) is 29.7 Å². The first kappa shape index (κ1) is 66.9. The third-order valence-corrected chi connectivity index (χ3v) is 19.1. The summed E-state index contributed by atoms with van der Waals surface area (Å²) in [7, 11) is 0. The van der Waals surface area contributed by atoms with Crippen LogP contribution in [0.3, 0.4) is 0 Å². The first-order valence-corrected chi connectivity index (χ1v) is 31.4. The summed E-state index contributed by atoms with van der Waals surface area (Å²) in [6, 6.07) is 25.9. The van der Waals surface area contributed by atoms with E-state index in [1.54, 1.807) is 42.2 Å². The molecule has 6 nitrogen and oxygen atoms in total. The molecule has 7 atom stereocenters. The van der Waals surface area contributed by atoms with Crippen LogP contribution in [0.5, 0.6) is 0 Å². The number of rotatable bonds is 12. The normalized spacial score (nSPS) is 20.6. The maximum Gasteiger partial charge on any atom is 0.260 e. The van der Waals surface area contributed by atoms with E-state index in [0.717, 1.165) is 54.2 Å². The molecule has 3 aromatic heterocycles. The number of hydrogen-bond donors (Lipinski definition) is 3. The SMILES string of the molecule is C.CCC(C)(F)CN1C(C)Cc2c([nH]c3ccc(F)cc23)C1c1c(F)cc(Br)cc1F.CCC(F)(F)CN1C(C)Cc2c([nH]c3ccc(F)cc23)C1c1ccc(Br)cc1.CCC(F)(F)CN1C(C)Cc2c([nH]c3ccc(F)cc23)C1c1ccc(Br)cc1F. The fraction of sp³-hybridized carbons (Fsp3) is 0.382. The van der Waals surface area contributed by atoms with Gasteiger partial charge in [0.25, 0.3) is 11.8 Å². The third-order valence-electron chi connectivity index (χ3n) is 17.6. The van der Waals surface area contributed by atoms with E-state index in [4.69, 9.17) is 0 Å². The summed E-state index contributed by atoms with van der Waals surface area (Å²) >= 11 is 9.82. The van der Waals surface area contributed by atoms with E-state index in [1.165, 1.54) is 75.4 Å². The Morgan fingerprint density at radius 2 is 0.818 bits per heavy atom. The smallest absolute Gasteiger partial charge is 0.260 e. The van der Waals surface area contributed by atoms with Gasteiger partial charge in [0.05, 0.1) is 31.2 Å². The summed E-state index contributed by atoms with van der Waals surface area (Å²) in [5, 5.41) is 2.25. The lowest BCUT2D eigenvalue weighted by molar-refractivity contribution is -0.0550. The molecule has 88 heavy (non-hydrogen) atoms. The highest BCUT2D eigenvalue weighted by Crippen LogP contribution is 2.47. The van der Waals surface area contributed by atoms with E-state index in [9.17, 15) is 35.1 Å². The lowest BCUT2D eigenvalue weighted by Crippen LogP contribution is -2.48. The Morgan fingerprint density at radius 1 is 0.443 bits per heavy atom. The summed E-state index contributed by atoms with van der Waals surface area (Å²) in [6.45, 7) is 11.2. The van der Waals surface area contributed by atoms with Crippen molar-refractivity contribution in [3.8, 4) is 0 Å². The molecular formula is C68H70Br3F11N6. The zero-order chi connectivity index (χ0) is 62.8. The van der Waals surface area contributed by atoms with E-state index in [0.29, 0.717) is 56.1 Å². The lowest BCUT2D eigenvalue weighted by atomic mass is 9.87. The van der Waals surface area contributed by atoms with E-state index < -0.39 is 53.6 Å². The molecule has 0 saturated carbocycles. The molecule has 6 heterocycles. The molecule has 3 aliphatic heterocycles. The Bertz CT molecular complexity index is 3950. The standard InChI is InChI=1S/C23H23BrF4N2.C22H21BrF4N2.C22H22BrF3N2.CH4/c1-4-23(3,28)11-30-12(2)7-16-15-10-14(25)5-6-19(15)29-21(16)22(30)20-17(26)8-13(24)9-18(20)27;1-3-22(26,27)11-29-12(2)8-17-16-10-14(24)5-7-19(16)28-20(17)21(29)15-6-4-13(23)9-18(15)25;1-3-22(25,26)12-28-13(2)10-18-17-11-16(24)8-9-19(17)27-20(18)21(28)14-4-6-15(23)7-5-14;/h5-6,8-10,12,22,29H,4,7,11H2,1-3H3;4-7,9-10,12,21,28H,3,8,11H2,1-2H3;4-9,11,13,21,27H,3,10,12H2,1-2H3;1H4. The number of nitrogens with zero attached hydrogens (tertiary/aromatic N) is 3. The Morgan fingerprint density at radius 3 is 1.23 bits per heavy atom. The first-order chi connectivity index (χ1) is 41.1. The van der Waals surface area contributed by atoms with E-state index in [2.05, 4.69) is 62.7 Å². The summed E-state index contributed by atoms with van der Waals surface area (Å²) in [4.78, 5) is 15.2. The molecule has 0 spiro atoms. The highest BCUT2D eigenvalue weighted by Gasteiger charge is 2.45. The molecule has 20 heteroatoms. The number of alkyl halides is 5. The molecule has 3 aliphatic rings. The molecule has 470 valence electrons. The zero-order valence-corrected chi connectivity index (χ0v) is 53.6. The van der Waals surface area contributed by atoms with Crippen LogP contribution in [0.15, 0.2) is 123 Å². The van der Waals surface area contributed by atoms with Crippen molar-refractivity contribution >= 4 is 80.5 Å². The molecule has 0 aliphatic carbocycles. The van der Waals surface area contributed by atoms with Gasteiger partial charge in [0, 0.05) is 112 Å². The molecule has 9 aromatic rings. The largest absolute Gasteiger partial charge is 0.357 e. The van der Waals surface area contributed by atoms with Crippen LogP contribution in [0.25, 0.3) is 32.7 Å². The fourth-order valence-electron chi connectivity index (χ4n) is 12.8. The van der Waals surface area contributed by atoms with Crippen molar-refractivity contribution in [2.24, 2.45) is 0 Å². The van der Waals surface area contributed by atoms with Crippen molar-refractivity contribution in [2.45, 2.75) is 148 Å². The molecule has 3 N–H and O–H groups in total. The van der Waals surface area contributed by atoms with E-state index >= 15 is 13.2 Å². The van der Waals surface area contributed by atoms with Crippen LogP contribution in [0.2, 0.25) is 0 Å². The second-order valence-electron chi connectivity index (χ2n) is 23.7. The van der Waals surface area contributed by atoms with Crippen molar-refractivity contribution in [1.29, 1.82) is 0 Å². The number of H-pyrrole nitrogens is 3. The van der Waals surface area contributed by atoms with Gasteiger partial charge in [0.2, 0.25) is 0 Å². The highest BCUT2D eigenvalue weighted by atomic mass is 79.9. The Kier molecular flexibility index (Phi) is 20.0. The topological polar surface area (TPSA) is 57.1 Å². The molecule has 12 rings (SSSR count). The lowest BCUT2D eigenvalue weighted by Gasteiger charge is -2.43. The van der Waals surface area contributed by atoms with Crippen molar-refractivity contribution in [2.75, 3.05) is 19.6 Å². The summed E-state index contributed by atoms with van der Waals surface area (Å²) < 4.78 is 161. The molecule has 0 bridgehead atoms. The predicted octanol–water partition coefficient (Wildman–Crippen LogP) is 20.5. The molecule has 0 radical (unpaired) electrons. The molecule has 7 unspecified atom stereocenters. The Labute approximate surface area is 531 Å². The van der Waals surface area contributed by atoms with Gasteiger partial charge in [-0.3, -0.25) is 14.7 Å². The van der Waals surface area contributed by atoms with Crippen molar-refractivity contribution in [3.63, 3.8) is 0 Å². The van der Waals surface area contributed by atoms with Gasteiger partial charge < -0.3 is 15.0 Å². The second kappa shape index (κ2) is 26.4. The molecule has 6 aromatic carbocycles. The average molecular weight is 1420 g/mol. The quantitative estimate of drug-likeness (QED) is 0.107. The Balaban J connectivity index is 0.000000156. The fourth-order valence-corrected chi connectivity index (χ4v) is 13.8. The molecular weight excluding hydrogens is 1350 g/mol. The Hall–Kier alpha value is -5.51. The predicted molar refractivity (Wildman–Crippen MR) is 339 cm³/mol. The molecule has 0 amide bonds. The second-order valence-corrected chi connectivity index (χ2v) is 26.4. The number of fused-ring (bicyclic) bond motifs is 9. The number of aromatic nitrogens is 3. The maximum absolute atomic E-state index is 15.1. The van der Waals surface area contributed by atoms with Gasteiger partial charge in [-0.2, -0.15) is 0 Å².